The monoisotopic (exact) mass is 683 g/mol. The standard InChI is InChI=1S/C30H34O18/c1-10(32)43-9-20-23(37)25(39)27(41)29(48-20)45-16-6-12(33)5-15-13(16)7-18(46-30-26(40)24(38)22(36)19(8-31)47-30)28(44-15)11-3-14(34)21(35)17(4-11)42-2/h3-7,19-20,22-27,29-31,36-41H,8-9H2,1-2H3,(H2-,33,34,35)/p+1/t19?,20?,22-,23-,24+,25+,26?,27?,29-,30-/m1/s1. The highest BCUT2D eigenvalue weighted by atomic mass is 16.7. The summed E-state index contributed by atoms with van der Waals surface area (Å²) in [7, 11) is 1.22. The number of rotatable bonds is 9. The van der Waals surface area contributed by atoms with E-state index in [2.05, 4.69) is 0 Å². The summed E-state index contributed by atoms with van der Waals surface area (Å²) in [4.78, 5) is 11.3. The van der Waals surface area contributed by atoms with E-state index in [4.69, 9.17) is 32.8 Å². The Morgan fingerprint density at radius 1 is 0.771 bits per heavy atom. The fourth-order valence-electron chi connectivity index (χ4n) is 5.20. The molecule has 10 N–H and O–H groups in total. The number of hydrogen-bond acceptors (Lipinski definition) is 17. The number of hydrogen-bond donors (Lipinski definition) is 10. The third kappa shape index (κ3) is 6.83. The lowest BCUT2D eigenvalue weighted by Gasteiger charge is -2.40. The number of aromatic hydroxyl groups is 3. The topological polar surface area (TPSA) is 286 Å². The predicted octanol–water partition coefficient (Wildman–Crippen LogP) is -1.57. The van der Waals surface area contributed by atoms with E-state index in [0.717, 1.165) is 25.1 Å². The minimum atomic E-state index is -1.86. The van der Waals surface area contributed by atoms with E-state index in [1.54, 1.807) is 0 Å². The molecule has 1 aromatic heterocycles. The van der Waals surface area contributed by atoms with Gasteiger partial charge in [0.1, 0.15) is 72.3 Å². The van der Waals surface area contributed by atoms with Gasteiger partial charge >= 0.3 is 17.3 Å². The molecule has 10 atom stereocenters. The minimum absolute atomic E-state index is 0.000876. The van der Waals surface area contributed by atoms with Gasteiger partial charge in [-0.25, -0.2) is 4.42 Å². The van der Waals surface area contributed by atoms with Gasteiger partial charge in [-0.15, -0.1) is 0 Å². The molecule has 2 saturated heterocycles. The summed E-state index contributed by atoms with van der Waals surface area (Å²) in [6.07, 6.45) is -16.8. The normalized spacial score (nSPS) is 30.5. The Morgan fingerprint density at radius 2 is 1.38 bits per heavy atom. The molecular weight excluding hydrogens is 648 g/mol. The summed E-state index contributed by atoms with van der Waals surface area (Å²) < 4.78 is 38.8. The van der Waals surface area contributed by atoms with Gasteiger partial charge in [0.15, 0.2) is 11.5 Å². The molecule has 2 fully saturated rings. The van der Waals surface area contributed by atoms with Gasteiger partial charge < -0.3 is 79.5 Å². The summed E-state index contributed by atoms with van der Waals surface area (Å²) in [5.74, 6) is -3.31. The Labute approximate surface area is 270 Å². The highest BCUT2D eigenvalue weighted by Gasteiger charge is 2.47. The van der Waals surface area contributed by atoms with E-state index in [1.807, 2.05) is 0 Å². The number of phenolic OH excluding ortho intramolecular Hbond substituents is 3. The van der Waals surface area contributed by atoms with E-state index in [-0.39, 0.29) is 39.5 Å². The lowest BCUT2D eigenvalue weighted by atomic mass is 9.99. The molecule has 0 radical (unpaired) electrons. The van der Waals surface area contributed by atoms with Crippen LogP contribution in [0.5, 0.6) is 34.5 Å². The van der Waals surface area contributed by atoms with Gasteiger partial charge in [-0.05, 0) is 0 Å². The molecule has 2 aliphatic rings. The molecule has 48 heavy (non-hydrogen) atoms. The van der Waals surface area contributed by atoms with Crippen molar-refractivity contribution in [1.82, 2.24) is 0 Å². The first-order chi connectivity index (χ1) is 22.7. The largest absolute Gasteiger partial charge is 0.507 e. The highest BCUT2D eigenvalue weighted by molar-refractivity contribution is 5.89. The maximum Gasteiger partial charge on any atom is 0.402 e. The van der Waals surface area contributed by atoms with Crippen molar-refractivity contribution < 1.29 is 88.7 Å². The summed E-state index contributed by atoms with van der Waals surface area (Å²) in [5, 5.41) is 103. The maximum atomic E-state index is 11.3. The van der Waals surface area contributed by atoms with E-state index >= 15 is 0 Å². The fraction of sp³-hybridized carbons (Fsp3) is 0.467. The van der Waals surface area contributed by atoms with Crippen LogP contribution in [0.3, 0.4) is 0 Å². The average Bonchev–Trinajstić information content (AvgIpc) is 3.05. The van der Waals surface area contributed by atoms with Gasteiger partial charge in [0.2, 0.25) is 24.1 Å². The molecule has 5 rings (SSSR count). The molecule has 262 valence electrons. The number of aliphatic hydroxyl groups excluding tert-OH is 7. The molecule has 2 aromatic carbocycles. The number of carbonyl (C=O) groups is 1. The summed E-state index contributed by atoms with van der Waals surface area (Å²) in [6.45, 7) is -0.146. The molecule has 0 spiro atoms. The van der Waals surface area contributed by atoms with E-state index < -0.39 is 97.8 Å². The highest BCUT2D eigenvalue weighted by Crippen LogP contribution is 2.45. The maximum absolute atomic E-state index is 11.3. The summed E-state index contributed by atoms with van der Waals surface area (Å²) in [6, 6.07) is 5.81. The number of esters is 1. The SMILES string of the molecule is COc1cc(-c2[o+]c3cc(O)cc(O[C@@H]4OC(COC(C)=O)[C@@H](O)[C@H](O)C4O)c3cc2O[C@@H]2OC(CO)[C@@H](O)[C@H](O)C2O)cc(O)c1O. The van der Waals surface area contributed by atoms with Crippen molar-refractivity contribution in [2.75, 3.05) is 20.3 Å². The Hall–Kier alpha value is -4.24. The molecule has 18 heteroatoms. The molecule has 18 nitrogen and oxygen atoms in total. The van der Waals surface area contributed by atoms with Crippen LogP contribution in [0, 0.1) is 0 Å². The van der Waals surface area contributed by atoms with Crippen molar-refractivity contribution in [2.45, 2.75) is 68.3 Å². The van der Waals surface area contributed by atoms with Gasteiger partial charge in [0.05, 0.1) is 25.3 Å². The van der Waals surface area contributed by atoms with Gasteiger partial charge in [0, 0.05) is 31.2 Å². The van der Waals surface area contributed by atoms with Crippen molar-refractivity contribution >= 4 is 16.9 Å². The second-order valence-electron chi connectivity index (χ2n) is 11.1. The van der Waals surface area contributed by atoms with Crippen LogP contribution in [-0.4, -0.2) is 139 Å². The average molecular weight is 684 g/mol. The second kappa shape index (κ2) is 14.1. The second-order valence-corrected chi connectivity index (χ2v) is 11.1. The fourth-order valence-corrected chi connectivity index (χ4v) is 5.20. The van der Waals surface area contributed by atoms with Crippen LogP contribution in [0.1, 0.15) is 6.92 Å². The van der Waals surface area contributed by atoms with Crippen LogP contribution in [0.25, 0.3) is 22.3 Å². The van der Waals surface area contributed by atoms with E-state index in [0.29, 0.717) is 0 Å². The number of fused-ring (bicyclic) bond motifs is 1. The predicted molar refractivity (Wildman–Crippen MR) is 156 cm³/mol. The van der Waals surface area contributed by atoms with Crippen molar-refractivity contribution in [3.05, 3.63) is 30.3 Å². The molecule has 0 aliphatic carbocycles. The number of aliphatic hydroxyl groups is 7. The Bertz CT molecular complexity index is 1630. The molecule has 0 saturated carbocycles. The number of ether oxygens (including phenoxy) is 6. The van der Waals surface area contributed by atoms with Gasteiger partial charge in [-0.2, -0.15) is 0 Å². The lowest BCUT2D eigenvalue weighted by Crippen LogP contribution is -2.60. The van der Waals surface area contributed by atoms with E-state index in [9.17, 15) is 55.9 Å². The molecule has 3 aromatic rings. The number of phenols is 3. The van der Waals surface area contributed by atoms with Crippen molar-refractivity contribution in [3.63, 3.8) is 0 Å². The van der Waals surface area contributed by atoms with Crippen molar-refractivity contribution in [2.24, 2.45) is 0 Å². The smallest absolute Gasteiger partial charge is 0.402 e. The molecule has 0 amide bonds. The van der Waals surface area contributed by atoms with Crippen molar-refractivity contribution in [3.8, 4) is 45.8 Å². The van der Waals surface area contributed by atoms with Crippen LogP contribution in [0.4, 0.5) is 0 Å². The van der Waals surface area contributed by atoms with Crippen molar-refractivity contribution in [1.29, 1.82) is 0 Å². The first kappa shape index (κ1) is 35.1. The third-order valence-electron chi connectivity index (χ3n) is 7.79. The quantitative estimate of drug-likeness (QED) is 0.0693. The van der Waals surface area contributed by atoms with Gasteiger partial charge in [0.25, 0.3) is 0 Å². The van der Waals surface area contributed by atoms with Crippen LogP contribution in [0.15, 0.2) is 34.7 Å². The first-order valence-electron chi connectivity index (χ1n) is 14.4. The summed E-state index contributed by atoms with van der Waals surface area (Å²) >= 11 is 0. The molecule has 3 heterocycles. The molecule has 2 aliphatic heterocycles. The molecule has 0 bridgehead atoms. The Morgan fingerprint density at radius 3 is 1.98 bits per heavy atom. The van der Waals surface area contributed by atoms with Crippen LogP contribution < -0.4 is 14.2 Å². The van der Waals surface area contributed by atoms with Crippen LogP contribution in [0.2, 0.25) is 0 Å². The number of benzene rings is 2. The molecule has 4 unspecified atom stereocenters. The van der Waals surface area contributed by atoms with Gasteiger partial charge in [-0.1, -0.05) is 0 Å². The summed E-state index contributed by atoms with van der Waals surface area (Å²) in [5.41, 5.74) is -0.0964. The number of carbonyl (C=O) groups excluding carboxylic acids is 1. The van der Waals surface area contributed by atoms with Gasteiger partial charge in [-0.3, -0.25) is 4.79 Å². The molecular formula is C30H35O18+. The number of methoxy groups -OCH3 is 1. The zero-order chi connectivity index (χ0) is 35.0. The van der Waals surface area contributed by atoms with Crippen LogP contribution >= 0.6 is 0 Å². The zero-order valence-electron chi connectivity index (χ0n) is 25.3. The lowest BCUT2D eigenvalue weighted by molar-refractivity contribution is -0.278. The van der Waals surface area contributed by atoms with Crippen LogP contribution in [-0.2, 0) is 19.0 Å². The minimum Gasteiger partial charge on any atom is -0.507 e. The third-order valence-corrected chi connectivity index (χ3v) is 7.79. The Balaban J connectivity index is 1.61. The first-order valence-corrected chi connectivity index (χ1v) is 14.4. The van der Waals surface area contributed by atoms with E-state index in [1.165, 1.54) is 19.2 Å². The Kier molecular flexibility index (Phi) is 10.3. The zero-order valence-corrected chi connectivity index (χ0v) is 25.3.